The molecule has 1 N–H and O–H groups in total. The van der Waals surface area contributed by atoms with E-state index in [0.717, 1.165) is 22.6 Å². The van der Waals surface area contributed by atoms with Gasteiger partial charge in [-0.05, 0) is 25.0 Å². The molecule has 0 atom stereocenters. The summed E-state index contributed by atoms with van der Waals surface area (Å²) in [6.07, 6.45) is 5.80. The molecule has 3 aromatic heterocycles. The molecule has 0 bridgehead atoms. The lowest BCUT2D eigenvalue weighted by atomic mass is 10.4. The highest BCUT2D eigenvalue weighted by atomic mass is 32.2. The van der Waals surface area contributed by atoms with Gasteiger partial charge in [0.25, 0.3) is 0 Å². The Morgan fingerprint density at radius 3 is 3.19 bits per heavy atom. The highest BCUT2D eigenvalue weighted by Crippen LogP contribution is 2.38. The van der Waals surface area contributed by atoms with E-state index in [1.54, 1.807) is 24.4 Å². The van der Waals surface area contributed by atoms with E-state index in [1.807, 2.05) is 16.7 Å². The van der Waals surface area contributed by atoms with Gasteiger partial charge in [0.1, 0.15) is 17.9 Å². The number of nitrogens with one attached hydrogen (secondary N) is 1. The molecule has 0 saturated heterocycles. The predicted molar refractivity (Wildman–Crippen MR) is 75.8 cm³/mol. The van der Waals surface area contributed by atoms with Gasteiger partial charge in [-0.25, -0.2) is 4.98 Å². The highest BCUT2D eigenvalue weighted by Gasteiger charge is 2.27. The van der Waals surface area contributed by atoms with Crippen molar-refractivity contribution in [2.45, 2.75) is 36.2 Å². The average Bonchev–Trinajstić information content (AvgIpc) is 2.94. The van der Waals surface area contributed by atoms with Gasteiger partial charge in [0.2, 0.25) is 0 Å². The summed E-state index contributed by atoms with van der Waals surface area (Å²) >= 11 is 1.59. The van der Waals surface area contributed by atoms with Crippen molar-refractivity contribution in [3.63, 3.8) is 0 Å². The fraction of sp³-hybridized carbons (Fsp3) is 0.385. The minimum Gasteiger partial charge on any atom is -0.467 e. The van der Waals surface area contributed by atoms with Crippen LogP contribution in [-0.2, 0) is 12.3 Å². The molecular formula is C13H14N6OS. The number of aromatic nitrogens is 6. The molecule has 3 aromatic rings. The summed E-state index contributed by atoms with van der Waals surface area (Å²) in [5.41, 5.74) is 0. The van der Waals surface area contributed by atoms with Crippen molar-refractivity contribution in [2.24, 2.45) is 0 Å². The van der Waals surface area contributed by atoms with Gasteiger partial charge < -0.3 is 8.98 Å². The van der Waals surface area contributed by atoms with E-state index in [4.69, 9.17) is 4.42 Å². The smallest absolute Gasteiger partial charge is 0.191 e. The van der Waals surface area contributed by atoms with E-state index in [9.17, 15) is 0 Å². The molecule has 108 valence electrons. The first-order chi connectivity index (χ1) is 10.4. The number of H-pyrrole nitrogens is 1. The standard InChI is InChI=1S/C13H14N6OS/c1-2-10(20-5-1)6-19-8-14-18-13(19)21-7-11-15-12(17-16-11)9-3-4-9/h1-2,5,8-9H,3-4,6-7H2,(H,15,16,17). The Kier molecular flexibility index (Phi) is 3.23. The molecule has 0 aliphatic heterocycles. The molecule has 0 radical (unpaired) electrons. The van der Waals surface area contributed by atoms with Crippen LogP contribution in [0, 0.1) is 0 Å². The first-order valence-electron chi connectivity index (χ1n) is 6.82. The third-order valence-electron chi connectivity index (χ3n) is 3.32. The summed E-state index contributed by atoms with van der Waals surface area (Å²) < 4.78 is 7.31. The van der Waals surface area contributed by atoms with Crippen LogP contribution in [-0.4, -0.2) is 29.9 Å². The normalized spacial score (nSPS) is 14.7. The molecule has 21 heavy (non-hydrogen) atoms. The Bertz CT molecular complexity index is 715. The van der Waals surface area contributed by atoms with Gasteiger partial charge in [0, 0.05) is 5.92 Å². The number of hydrogen-bond donors (Lipinski definition) is 1. The number of hydrogen-bond acceptors (Lipinski definition) is 6. The number of thioether (sulfide) groups is 1. The first kappa shape index (κ1) is 12.6. The average molecular weight is 302 g/mol. The molecule has 0 aromatic carbocycles. The zero-order valence-electron chi connectivity index (χ0n) is 11.3. The quantitative estimate of drug-likeness (QED) is 0.703. The maximum Gasteiger partial charge on any atom is 0.191 e. The second-order valence-corrected chi connectivity index (χ2v) is 5.97. The van der Waals surface area contributed by atoms with Crippen molar-refractivity contribution in [3.05, 3.63) is 42.1 Å². The SMILES string of the molecule is c1coc(Cn2cnnc2SCc2nc(C3CC3)n[nH]2)c1. The van der Waals surface area contributed by atoms with Crippen LogP contribution < -0.4 is 0 Å². The molecule has 7 nitrogen and oxygen atoms in total. The fourth-order valence-corrected chi connectivity index (χ4v) is 2.84. The van der Waals surface area contributed by atoms with Gasteiger partial charge in [0.05, 0.1) is 18.6 Å². The summed E-state index contributed by atoms with van der Waals surface area (Å²) in [5, 5.41) is 16.2. The number of nitrogens with zero attached hydrogens (tertiary/aromatic N) is 5. The van der Waals surface area contributed by atoms with Crippen molar-refractivity contribution in [3.8, 4) is 0 Å². The molecule has 0 spiro atoms. The van der Waals surface area contributed by atoms with Gasteiger partial charge in [0.15, 0.2) is 11.0 Å². The van der Waals surface area contributed by atoms with Crippen molar-refractivity contribution in [2.75, 3.05) is 0 Å². The van der Waals surface area contributed by atoms with Crippen LogP contribution in [0.25, 0.3) is 0 Å². The Morgan fingerprint density at radius 2 is 2.38 bits per heavy atom. The predicted octanol–water partition coefficient (Wildman–Crippen LogP) is 2.21. The van der Waals surface area contributed by atoms with Crippen LogP contribution >= 0.6 is 11.8 Å². The molecule has 8 heteroatoms. The third-order valence-corrected chi connectivity index (χ3v) is 4.31. The topological polar surface area (TPSA) is 85.4 Å². The maximum absolute atomic E-state index is 5.35. The van der Waals surface area contributed by atoms with Crippen molar-refractivity contribution in [1.82, 2.24) is 29.9 Å². The van der Waals surface area contributed by atoms with Crippen molar-refractivity contribution >= 4 is 11.8 Å². The third kappa shape index (κ3) is 2.85. The van der Waals surface area contributed by atoms with E-state index in [2.05, 4.69) is 25.4 Å². The summed E-state index contributed by atoms with van der Waals surface area (Å²) in [4.78, 5) is 4.51. The van der Waals surface area contributed by atoms with Crippen LogP contribution in [0.4, 0.5) is 0 Å². The number of rotatable bonds is 6. The Hall–Kier alpha value is -2.09. The largest absolute Gasteiger partial charge is 0.467 e. The minimum atomic E-state index is 0.572. The maximum atomic E-state index is 5.35. The van der Waals surface area contributed by atoms with Gasteiger partial charge >= 0.3 is 0 Å². The Balaban J connectivity index is 1.41. The van der Waals surface area contributed by atoms with Crippen LogP contribution in [0.2, 0.25) is 0 Å². The first-order valence-corrected chi connectivity index (χ1v) is 7.81. The van der Waals surface area contributed by atoms with E-state index >= 15 is 0 Å². The lowest BCUT2D eigenvalue weighted by molar-refractivity contribution is 0.484. The highest BCUT2D eigenvalue weighted by molar-refractivity contribution is 7.98. The van der Waals surface area contributed by atoms with Crippen LogP contribution in [0.15, 0.2) is 34.3 Å². The van der Waals surface area contributed by atoms with E-state index in [1.165, 1.54) is 12.8 Å². The van der Waals surface area contributed by atoms with Crippen LogP contribution in [0.3, 0.4) is 0 Å². The number of aromatic amines is 1. The van der Waals surface area contributed by atoms with Crippen molar-refractivity contribution < 1.29 is 4.42 Å². The van der Waals surface area contributed by atoms with E-state index in [-0.39, 0.29) is 0 Å². The second-order valence-electron chi connectivity index (χ2n) is 5.02. The van der Waals surface area contributed by atoms with Crippen molar-refractivity contribution in [1.29, 1.82) is 0 Å². The molecule has 3 heterocycles. The van der Waals surface area contributed by atoms with Crippen LogP contribution in [0.5, 0.6) is 0 Å². The van der Waals surface area contributed by atoms with Gasteiger partial charge in [-0.3, -0.25) is 5.10 Å². The van der Waals surface area contributed by atoms with Gasteiger partial charge in [-0.2, -0.15) is 5.10 Å². The lowest BCUT2D eigenvalue weighted by Gasteiger charge is -2.02. The minimum absolute atomic E-state index is 0.572. The second kappa shape index (κ2) is 5.36. The summed E-state index contributed by atoms with van der Waals surface area (Å²) in [7, 11) is 0. The monoisotopic (exact) mass is 302 g/mol. The molecule has 1 fully saturated rings. The zero-order chi connectivity index (χ0) is 14.1. The molecule has 0 unspecified atom stereocenters. The molecular weight excluding hydrogens is 288 g/mol. The Morgan fingerprint density at radius 1 is 1.43 bits per heavy atom. The van der Waals surface area contributed by atoms with E-state index < -0.39 is 0 Å². The lowest BCUT2D eigenvalue weighted by Crippen LogP contribution is -1.99. The molecule has 1 aliphatic carbocycles. The molecule has 4 rings (SSSR count). The summed E-state index contributed by atoms with van der Waals surface area (Å²) in [5.74, 6) is 3.99. The van der Waals surface area contributed by atoms with Crippen LogP contribution in [0.1, 0.15) is 36.2 Å². The Labute approximate surface area is 125 Å². The molecule has 1 aliphatic rings. The molecule has 0 amide bonds. The van der Waals surface area contributed by atoms with E-state index in [0.29, 0.717) is 18.2 Å². The zero-order valence-corrected chi connectivity index (χ0v) is 12.1. The number of furan rings is 1. The summed E-state index contributed by atoms with van der Waals surface area (Å²) in [6, 6.07) is 3.81. The fourth-order valence-electron chi connectivity index (χ4n) is 2.07. The summed E-state index contributed by atoms with van der Waals surface area (Å²) in [6.45, 7) is 0.631. The van der Waals surface area contributed by atoms with Gasteiger partial charge in [-0.1, -0.05) is 11.8 Å². The molecule has 1 saturated carbocycles. The van der Waals surface area contributed by atoms with Gasteiger partial charge in [-0.15, -0.1) is 10.2 Å².